The second kappa shape index (κ2) is 18.2. The van der Waals surface area contributed by atoms with Crippen molar-refractivity contribution >= 4 is 57.2 Å². The number of anilines is 6. The first kappa shape index (κ1) is 45.4. The Kier molecular flexibility index (Phi) is 11.6. The van der Waals surface area contributed by atoms with E-state index in [-0.39, 0.29) is 17.5 Å². The highest BCUT2D eigenvalue weighted by Crippen LogP contribution is 2.48. The van der Waals surface area contributed by atoms with Crippen molar-refractivity contribution in [3.63, 3.8) is 0 Å². The quantitative estimate of drug-likeness (QED) is 0.149. The molecule has 7 aromatic carbocycles. The van der Waals surface area contributed by atoms with Crippen molar-refractivity contribution < 1.29 is 0 Å². The zero-order valence-electron chi connectivity index (χ0n) is 42.7. The minimum absolute atomic E-state index is 0.0199. The summed E-state index contributed by atoms with van der Waals surface area (Å²) in [5.74, 6) is 1.85. The van der Waals surface area contributed by atoms with Gasteiger partial charge in [0.15, 0.2) is 5.82 Å². The molecule has 4 aliphatic rings. The van der Waals surface area contributed by atoms with Crippen LogP contribution in [0.25, 0.3) is 33.9 Å². The molecule has 3 heterocycles. The first-order valence-corrected chi connectivity index (χ1v) is 26.7. The van der Waals surface area contributed by atoms with Gasteiger partial charge in [-0.25, -0.2) is 9.97 Å². The van der Waals surface area contributed by atoms with Gasteiger partial charge in [0.25, 0.3) is 6.71 Å². The van der Waals surface area contributed by atoms with Crippen molar-refractivity contribution in [1.82, 2.24) is 9.97 Å². The average Bonchev–Trinajstić information content (AvgIpc) is 3.41. The van der Waals surface area contributed by atoms with Crippen LogP contribution in [0.3, 0.4) is 0 Å². The normalized spacial score (nSPS) is 16.1. The van der Waals surface area contributed by atoms with Crippen LogP contribution in [-0.2, 0) is 10.8 Å². The van der Waals surface area contributed by atoms with Crippen molar-refractivity contribution in [3.05, 3.63) is 186 Å². The Hall–Kier alpha value is -6.72. The molecule has 12 rings (SSSR count). The maximum Gasteiger partial charge on any atom is 0.252 e. The summed E-state index contributed by atoms with van der Waals surface area (Å²) in [4.78, 5) is 16.3. The van der Waals surface area contributed by atoms with Gasteiger partial charge in [-0.3, -0.25) is 0 Å². The van der Waals surface area contributed by atoms with E-state index in [9.17, 15) is 0 Å². The van der Waals surface area contributed by atoms with Gasteiger partial charge in [-0.1, -0.05) is 189 Å². The van der Waals surface area contributed by atoms with Gasteiger partial charge < -0.3 is 9.80 Å². The third kappa shape index (κ3) is 8.49. The molecule has 5 heteroatoms. The Morgan fingerprint density at radius 3 is 1.21 bits per heavy atom. The van der Waals surface area contributed by atoms with Gasteiger partial charge in [-0.15, -0.1) is 0 Å². The van der Waals surface area contributed by atoms with Gasteiger partial charge in [0.2, 0.25) is 0 Å². The average molecular weight is 927 g/mol. The van der Waals surface area contributed by atoms with Gasteiger partial charge in [0.05, 0.1) is 11.4 Å². The topological polar surface area (TPSA) is 32.3 Å². The Labute approximate surface area is 423 Å². The Balaban J connectivity index is 1.17. The molecule has 2 aliphatic carbocycles. The molecule has 0 bridgehead atoms. The molecule has 71 heavy (non-hydrogen) atoms. The lowest BCUT2D eigenvalue weighted by molar-refractivity contribution is 0.444. The lowest BCUT2D eigenvalue weighted by Crippen LogP contribution is -2.61. The van der Waals surface area contributed by atoms with E-state index in [1.807, 2.05) is 0 Å². The van der Waals surface area contributed by atoms with E-state index in [1.54, 1.807) is 0 Å². The maximum atomic E-state index is 5.52. The number of nitrogens with zero attached hydrogens (tertiary/aromatic N) is 4. The van der Waals surface area contributed by atoms with Gasteiger partial charge in [-0.05, 0) is 142 Å². The van der Waals surface area contributed by atoms with E-state index in [0.717, 1.165) is 33.9 Å². The molecule has 0 amide bonds. The number of hydrogen-bond donors (Lipinski definition) is 0. The Bertz CT molecular complexity index is 3020. The summed E-state index contributed by atoms with van der Waals surface area (Å²) < 4.78 is 0. The van der Waals surface area contributed by atoms with Crippen molar-refractivity contribution in [2.45, 2.75) is 128 Å². The largest absolute Gasteiger partial charge is 0.311 e. The van der Waals surface area contributed by atoms with Crippen molar-refractivity contribution in [3.8, 4) is 33.9 Å². The van der Waals surface area contributed by atoms with E-state index in [4.69, 9.17) is 9.97 Å². The standard InChI is InChI=1S/C66H67BN4/c1-65(2,3)51-29-33-53(34-30-51)70-59-39-48(44-19-11-7-12-20-44)27-37-55(59)67-56-38-28-49(45-21-13-8-14-22-45)40-60(56)71(54-35-31-52(32-36-54)66(4,5)6)62-42-50(41-61(70)63(62)67)64-68-57(46-23-15-9-16-24-46)43-58(69-64)47-25-17-10-18-26-47/h9-10,15-18,23-45H,7-8,11-14,19-22H2,1-6H3. The minimum atomic E-state index is 0.0199. The second-order valence-electron chi connectivity index (χ2n) is 23.1. The molecule has 0 atom stereocenters. The summed E-state index contributed by atoms with van der Waals surface area (Å²) in [6.07, 6.45) is 12.9. The predicted molar refractivity (Wildman–Crippen MR) is 301 cm³/mol. The molecule has 354 valence electrons. The fourth-order valence-electron chi connectivity index (χ4n) is 12.4. The SMILES string of the molecule is CC(C)(C)c1ccc(N2c3cc(C4CCCCC4)ccc3B3c4ccc(C5CCCCC5)cc4N(c4ccc(C(C)(C)C)cc4)c4cc(-c5nc(-c6ccccc6)cc(-c6ccccc6)n5)cc2c43)cc1. The third-order valence-electron chi connectivity index (χ3n) is 16.4. The van der Waals surface area contributed by atoms with Crippen LogP contribution in [0.5, 0.6) is 0 Å². The first-order chi connectivity index (χ1) is 34.5. The number of aromatic nitrogens is 2. The van der Waals surface area contributed by atoms with E-state index in [2.05, 4.69) is 215 Å². The number of rotatable bonds is 7. The number of benzene rings is 7. The predicted octanol–water partition coefficient (Wildman–Crippen LogP) is 16.3. The summed E-state index contributed by atoms with van der Waals surface area (Å²) >= 11 is 0. The zero-order valence-corrected chi connectivity index (χ0v) is 42.7. The molecular weight excluding hydrogens is 860 g/mol. The number of hydrogen-bond acceptors (Lipinski definition) is 4. The fraction of sp³-hybridized carbons (Fsp3) is 0.303. The zero-order chi connectivity index (χ0) is 48.4. The third-order valence-corrected chi connectivity index (χ3v) is 16.4. The van der Waals surface area contributed by atoms with Gasteiger partial charge in [0.1, 0.15) is 0 Å². The van der Waals surface area contributed by atoms with Crippen LogP contribution in [-0.4, -0.2) is 16.7 Å². The van der Waals surface area contributed by atoms with Gasteiger partial charge >= 0.3 is 0 Å². The van der Waals surface area contributed by atoms with Crippen LogP contribution in [0.15, 0.2) is 164 Å². The first-order valence-electron chi connectivity index (χ1n) is 26.7. The second-order valence-corrected chi connectivity index (χ2v) is 23.1. The van der Waals surface area contributed by atoms with Crippen LogP contribution in [0, 0.1) is 0 Å². The van der Waals surface area contributed by atoms with Crippen molar-refractivity contribution in [1.29, 1.82) is 0 Å². The lowest BCUT2D eigenvalue weighted by Gasteiger charge is -2.45. The van der Waals surface area contributed by atoms with Crippen LogP contribution >= 0.6 is 0 Å². The van der Waals surface area contributed by atoms with E-state index in [0.29, 0.717) is 11.8 Å². The number of fused-ring (bicyclic) bond motifs is 4. The summed E-state index contributed by atoms with van der Waals surface area (Å²) in [6, 6.07) is 62.3. The molecular formula is C66H67BN4. The fourth-order valence-corrected chi connectivity index (χ4v) is 12.4. The molecule has 0 saturated heterocycles. The maximum absolute atomic E-state index is 5.52. The monoisotopic (exact) mass is 927 g/mol. The van der Waals surface area contributed by atoms with Gasteiger partial charge in [-0.2, -0.15) is 0 Å². The Morgan fingerprint density at radius 2 is 0.817 bits per heavy atom. The molecule has 0 spiro atoms. The molecule has 2 fully saturated rings. The van der Waals surface area contributed by atoms with Crippen LogP contribution in [0.2, 0.25) is 0 Å². The summed E-state index contributed by atoms with van der Waals surface area (Å²) in [5, 5.41) is 0. The van der Waals surface area contributed by atoms with E-state index in [1.165, 1.54) is 137 Å². The molecule has 0 N–H and O–H groups in total. The highest BCUT2D eigenvalue weighted by Gasteiger charge is 2.44. The van der Waals surface area contributed by atoms with E-state index < -0.39 is 0 Å². The molecule has 1 aromatic heterocycles. The minimum Gasteiger partial charge on any atom is -0.311 e. The van der Waals surface area contributed by atoms with Crippen LogP contribution in [0.4, 0.5) is 34.1 Å². The van der Waals surface area contributed by atoms with E-state index >= 15 is 0 Å². The van der Waals surface area contributed by atoms with Crippen molar-refractivity contribution in [2.24, 2.45) is 0 Å². The molecule has 0 radical (unpaired) electrons. The van der Waals surface area contributed by atoms with Crippen LogP contribution in [0.1, 0.15) is 140 Å². The molecule has 0 unspecified atom stereocenters. The summed E-state index contributed by atoms with van der Waals surface area (Å²) in [6.45, 7) is 13.9. The smallest absolute Gasteiger partial charge is 0.252 e. The van der Waals surface area contributed by atoms with Crippen molar-refractivity contribution in [2.75, 3.05) is 9.80 Å². The van der Waals surface area contributed by atoms with Gasteiger partial charge in [0, 0.05) is 50.8 Å². The Morgan fingerprint density at radius 1 is 0.408 bits per heavy atom. The molecule has 8 aromatic rings. The molecule has 2 saturated carbocycles. The highest BCUT2D eigenvalue weighted by atomic mass is 15.2. The summed E-state index contributed by atoms with van der Waals surface area (Å²) in [5.41, 5.74) is 21.9. The highest BCUT2D eigenvalue weighted by molar-refractivity contribution is 7.00. The molecule has 2 aliphatic heterocycles. The molecule has 4 nitrogen and oxygen atoms in total. The lowest BCUT2D eigenvalue weighted by atomic mass is 9.33. The summed E-state index contributed by atoms with van der Waals surface area (Å²) in [7, 11) is 0. The van der Waals surface area contributed by atoms with Crippen LogP contribution < -0.4 is 26.2 Å².